The summed E-state index contributed by atoms with van der Waals surface area (Å²) in [5.74, 6) is 2.65. The average Bonchev–Trinajstić information content (AvgIpc) is 2.48. The van der Waals surface area contributed by atoms with Crippen molar-refractivity contribution in [1.29, 1.82) is 0 Å². The fourth-order valence-electron chi connectivity index (χ4n) is 1.71. The summed E-state index contributed by atoms with van der Waals surface area (Å²) >= 11 is 1.80. The Morgan fingerprint density at radius 3 is 2.86 bits per heavy atom. The zero-order chi connectivity index (χ0) is 15.5. The van der Waals surface area contributed by atoms with Gasteiger partial charge in [0, 0.05) is 43.6 Å². The summed E-state index contributed by atoms with van der Waals surface area (Å²) in [4.78, 5) is 10.5. The van der Waals surface area contributed by atoms with Crippen LogP contribution in [0.25, 0.3) is 0 Å². The molecule has 0 unspecified atom stereocenters. The van der Waals surface area contributed by atoms with Crippen LogP contribution in [-0.2, 0) is 11.3 Å². The zero-order valence-corrected chi connectivity index (χ0v) is 13.3. The summed E-state index contributed by atoms with van der Waals surface area (Å²) in [5, 5.41) is 14.0. The van der Waals surface area contributed by atoms with Crippen LogP contribution in [0.3, 0.4) is 0 Å². The van der Waals surface area contributed by atoms with Crippen molar-refractivity contribution in [2.75, 3.05) is 38.4 Å². The molecule has 0 atom stereocenters. The largest absolute Gasteiger partial charge is 0.492 e. The van der Waals surface area contributed by atoms with Crippen LogP contribution in [0.5, 0.6) is 5.75 Å². The molecule has 0 aromatic heterocycles. The molecular formula is C14H22N2O4S. The molecule has 21 heavy (non-hydrogen) atoms. The summed E-state index contributed by atoms with van der Waals surface area (Å²) in [6.07, 6.45) is 0. The van der Waals surface area contributed by atoms with Crippen molar-refractivity contribution in [2.24, 2.45) is 0 Å². The number of hydrogen-bond donors (Lipinski definition) is 1. The lowest BCUT2D eigenvalue weighted by Gasteiger charge is -2.12. The van der Waals surface area contributed by atoms with Crippen LogP contribution in [0.1, 0.15) is 12.5 Å². The molecule has 0 fully saturated rings. The van der Waals surface area contributed by atoms with Gasteiger partial charge < -0.3 is 14.8 Å². The van der Waals surface area contributed by atoms with E-state index >= 15 is 0 Å². The molecule has 0 saturated carbocycles. The van der Waals surface area contributed by atoms with E-state index in [0.717, 1.165) is 17.1 Å². The normalized spacial score (nSPS) is 10.6. The average molecular weight is 314 g/mol. The van der Waals surface area contributed by atoms with Gasteiger partial charge in [-0.15, -0.1) is 0 Å². The summed E-state index contributed by atoms with van der Waals surface area (Å²) in [6.45, 7) is 4.49. The van der Waals surface area contributed by atoms with E-state index in [1.54, 1.807) is 31.0 Å². The van der Waals surface area contributed by atoms with Gasteiger partial charge in [-0.2, -0.15) is 11.8 Å². The minimum Gasteiger partial charge on any atom is -0.492 e. The highest BCUT2D eigenvalue weighted by molar-refractivity contribution is 7.99. The number of ether oxygens (including phenoxy) is 2. The first-order valence-corrected chi connectivity index (χ1v) is 8.02. The van der Waals surface area contributed by atoms with Crippen molar-refractivity contribution < 1.29 is 14.4 Å². The fraction of sp³-hybridized carbons (Fsp3) is 0.571. The van der Waals surface area contributed by atoms with Crippen molar-refractivity contribution in [2.45, 2.75) is 13.5 Å². The van der Waals surface area contributed by atoms with E-state index in [2.05, 4.69) is 12.2 Å². The van der Waals surface area contributed by atoms with Crippen LogP contribution in [-0.4, -0.2) is 43.3 Å². The smallest absolute Gasteiger partial charge is 0.270 e. The molecule has 6 nitrogen and oxygen atoms in total. The van der Waals surface area contributed by atoms with E-state index in [0.29, 0.717) is 32.1 Å². The molecule has 118 valence electrons. The molecule has 0 saturated heterocycles. The molecule has 0 bridgehead atoms. The van der Waals surface area contributed by atoms with Crippen LogP contribution in [0.4, 0.5) is 5.69 Å². The van der Waals surface area contributed by atoms with Gasteiger partial charge in [0.1, 0.15) is 5.75 Å². The third kappa shape index (κ3) is 6.79. The molecule has 0 radical (unpaired) electrons. The number of nitro benzene ring substituents is 1. The molecule has 1 rings (SSSR count). The second-order valence-electron chi connectivity index (χ2n) is 4.26. The summed E-state index contributed by atoms with van der Waals surface area (Å²) in [5.41, 5.74) is 0.871. The van der Waals surface area contributed by atoms with E-state index in [4.69, 9.17) is 9.47 Å². The molecule has 1 aromatic carbocycles. The van der Waals surface area contributed by atoms with Gasteiger partial charge in [-0.05, 0) is 11.8 Å². The minimum absolute atomic E-state index is 0.0776. The minimum atomic E-state index is -0.393. The van der Waals surface area contributed by atoms with E-state index in [-0.39, 0.29) is 5.69 Å². The third-order valence-corrected chi connectivity index (χ3v) is 3.61. The molecule has 0 amide bonds. The fourth-order valence-corrected chi connectivity index (χ4v) is 2.20. The molecule has 1 N–H and O–H groups in total. The van der Waals surface area contributed by atoms with E-state index < -0.39 is 4.92 Å². The van der Waals surface area contributed by atoms with Gasteiger partial charge >= 0.3 is 0 Å². The second-order valence-corrected chi connectivity index (χ2v) is 5.66. The molecule has 0 aliphatic heterocycles. The van der Waals surface area contributed by atoms with E-state index in [1.807, 2.05) is 0 Å². The Morgan fingerprint density at radius 2 is 2.19 bits per heavy atom. The topological polar surface area (TPSA) is 73.6 Å². The Morgan fingerprint density at radius 1 is 1.38 bits per heavy atom. The first kappa shape index (κ1) is 17.7. The SMILES string of the molecule is CCSCCOc1ccc([N+](=O)[O-])cc1CNCCOC. The number of rotatable bonds is 11. The van der Waals surface area contributed by atoms with Crippen LogP contribution in [0, 0.1) is 10.1 Å². The maximum atomic E-state index is 10.9. The summed E-state index contributed by atoms with van der Waals surface area (Å²) in [6, 6.07) is 4.70. The Bertz CT molecular complexity index is 443. The van der Waals surface area contributed by atoms with Crippen LogP contribution >= 0.6 is 11.8 Å². The van der Waals surface area contributed by atoms with Gasteiger partial charge in [-0.1, -0.05) is 6.92 Å². The number of hydrogen-bond acceptors (Lipinski definition) is 6. The standard InChI is InChI=1S/C14H22N2O4S/c1-3-21-9-8-20-14-5-4-13(16(17)18)10-12(14)11-15-6-7-19-2/h4-5,10,15H,3,6-9,11H2,1-2H3. The number of non-ortho nitro benzene ring substituents is 1. The second kappa shape index (κ2) is 10.4. The number of methoxy groups -OCH3 is 1. The molecule has 7 heteroatoms. The molecule has 0 spiro atoms. The molecule has 0 heterocycles. The number of benzene rings is 1. The van der Waals surface area contributed by atoms with Gasteiger partial charge in [0.15, 0.2) is 0 Å². The van der Waals surface area contributed by atoms with Crippen molar-refractivity contribution in [3.8, 4) is 5.75 Å². The van der Waals surface area contributed by atoms with Crippen LogP contribution in [0.2, 0.25) is 0 Å². The van der Waals surface area contributed by atoms with Gasteiger partial charge in [0.25, 0.3) is 5.69 Å². The Hall–Kier alpha value is -1.31. The van der Waals surface area contributed by atoms with Crippen molar-refractivity contribution in [3.05, 3.63) is 33.9 Å². The summed E-state index contributed by atoms with van der Waals surface area (Å²) < 4.78 is 10.7. The van der Waals surface area contributed by atoms with E-state index in [1.165, 1.54) is 6.07 Å². The number of thioether (sulfide) groups is 1. The van der Waals surface area contributed by atoms with Crippen LogP contribution in [0.15, 0.2) is 18.2 Å². The third-order valence-electron chi connectivity index (χ3n) is 2.74. The van der Waals surface area contributed by atoms with Gasteiger partial charge in [0.05, 0.1) is 18.1 Å². The molecular weight excluding hydrogens is 292 g/mol. The highest BCUT2D eigenvalue weighted by atomic mass is 32.2. The van der Waals surface area contributed by atoms with Gasteiger partial charge in [-0.3, -0.25) is 10.1 Å². The summed E-state index contributed by atoms with van der Waals surface area (Å²) in [7, 11) is 1.63. The number of nitrogens with one attached hydrogen (secondary N) is 1. The predicted molar refractivity (Wildman–Crippen MR) is 85.2 cm³/mol. The monoisotopic (exact) mass is 314 g/mol. The maximum Gasteiger partial charge on any atom is 0.270 e. The van der Waals surface area contributed by atoms with Crippen molar-refractivity contribution in [3.63, 3.8) is 0 Å². The highest BCUT2D eigenvalue weighted by Crippen LogP contribution is 2.24. The molecule has 1 aromatic rings. The van der Waals surface area contributed by atoms with E-state index in [9.17, 15) is 10.1 Å². The number of nitrogens with zero attached hydrogens (tertiary/aromatic N) is 1. The highest BCUT2D eigenvalue weighted by Gasteiger charge is 2.11. The van der Waals surface area contributed by atoms with Crippen molar-refractivity contribution >= 4 is 17.4 Å². The Kier molecular flexibility index (Phi) is 8.80. The molecule has 0 aliphatic carbocycles. The quantitative estimate of drug-likeness (QED) is 0.384. The zero-order valence-electron chi connectivity index (χ0n) is 12.5. The first-order valence-electron chi connectivity index (χ1n) is 6.86. The lowest BCUT2D eigenvalue weighted by molar-refractivity contribution is -0.384. The lowest BCUT2D eigenvalue weighted by atomic mass is 10.1. The van der Waals surface area contributed by atoms with Crippen LogP contribution < -0.4 is 10.1 Å². The first-order chi connectivity index (χ1) is 10.2. The lowest BCUT2D eigenvalue weighted by Crippen LogP contribution is -2.19. The van der Waals surface area contributed by atoms with Gasteiger partial charge in [0.2, 0.25) is 0 Å². The number of nitro groups is 1. The van der Waals surface area contributed by atoms with Crippen molar-refractivity contribution in [1.82, 2.24) is 5.32 Å². The maximum absolute atomic E-state index is 10.9. The van der Waals surface area contributed by atoms with Gasteiger partial charge in [-0.25, -0.2) is 0 Å². The molecule has 0 aliphatic rings. The predicted octanol–water partition coefficient (Wildman–Crippen LogP) is 2.46. The Labute approximate surface area is 129 Å². The Balaban J connectivity index is 2.67.